The molecule has 0 radical (unpaired) electrons. The molecule has 0 aliphatic carbocycles. The molecule has 0 aromatic heterocycles. The highest BCUT2D eigenvalue weighted by Crippen LogP contribution is 2.20. The second-order valence-corrected chi connectivity index (χ2v) is 6.63. The molecule has 0 heterocycles. The van der Waals surface area contributed by atoms with Gasteiger partial charge in [0.05, 0.1) is 0 Å². The average molecular weight is 370 g/mol. The zero-order chi connectivity index (χ0) is 19.6. The number of anilines is 1. The Bertz CT molecular complexity index is 900. The number of hydrogen-bond donors (Lipinski definition) is 2. The van der Waals surface area contributed by atoms with Crippen LogP contribution in [0, 0.1) is 0 Å². The molecular formula is C25H26N2O. The fourth-order valence-corrected chi connectivity index (χ4v) is 2.92. The summed E-state index contributed by atoms with van der Waals surface area (Å²) in [5.74, 6) is -0.0256. The van der Waals surface area contributed by atoms with E-state index in [1.165, 1.54) is 16.7 Å². The molecule has 2 N–H and O–H groups in total. The monoisotopic (exact) mass is 370 g/mol. The van der Waals surface area contributed by atoms with E-state index in [4.69, 9.17) is 0 Å². The van der Waals surface area contributed by atoms with Crippen LogP contribution < -0.4 is 10.6 Å². The Balaban J connectivity index is 1.72. The lowest BCUT2D eigenvalue weighted by Crippen LogP contribution is -2.23. The number of amides is 1. The Morgan fingerprint density at radius 3 is 2.11 bits per heavy atom. The van der Waals surface area contributed by atoms with Crippen molar-refractivity contribution in [2.24, 2.45) is 0 Å². The first-order chi connectivity index (χ1) is 13.8. The molecule has 0 bridgehead atoms. The lowest BCUT2D eigenvalue weighted by atomic mass is 10.0. The van der Waals surface area contributed by atoms with Gasteiger partial charge < -0.3 is 10.6 Å². The summed E-state index contributed by atoms with van der Waals surface area (Å²) in [7, 11) is 0. The normalized spacial score (nSPS) is 11.1. The molecule has 1 amide bonds. The van der Waals surface area contributed by atoms with E-state index in [0.717, 1.165) is 12.1 Å². The van der Waals surface area contributed by atoms with Crippen molar-refractivity contribution < 1.29 is 4.79 Å². The van der Waals surface area contributed by atoms with Gasteiger partial charge in [0.2, 0.25) is 0 Å². The van der Waals surface area contributed by atoms with Crippen molar-refractivity contribution >= 4 is 23.2 Å². The van der Waals surface area contributed by atoms with Gasteiger partial charge in [0.25, 0.3) is 5.91 Å². The number of hydrogen-bond acceptors (Lipinski definition) is 2. The maximum absolute atomic E-state index is 12.0. The first-order valence-electron chi connectivity index (χ1n) is 9.69. The van der Waals surface area contributed by atoms with Gasteiger partial charge in [-0.3, -0.25) is 4.79 Å². The zero-order valence-corrected chi connectivity index (χ0v) is 16.2. The van der Waals surface area contributed by atoms with Crippen molar-refractivity contribution in [2.45, 2.75) is 13.3 Å². The molecule has 0 aliphatic rings. The molecule has 28 heavy (non-hydrogen) atoms. The second-order valence-electron chi connectivity index (χ2n) is 6.63. The molecule has 0 fully saturated rings. The second kappa shape index (κ2) is 10.1. The maximum Gasteiger partial charge on any atom is 0.251 e. The van der Waals surface area contributed by atoms with Crippen LogP contribution in [0.2, 0.25) is 0 Å². The Kier molecular flexibility index (Phi) is 7.02. The third-order valence-electron chi connectivity index (χ3n) is 4.45. The van der Waals surface area contributed by atoms with Gasteiger partial charge in [-0.1, -0.05) is 67.6 Å². The maximum atomic E-state index is 12.0. The summed E-state index contributed by atoms with van der Waals surface area (Å²) in [5, 5.41) is 6.37. The molecule has 0 unspecified atom stereocenters. The van der Waals surface area contributed by atoms with Crippen molar-refractivity contribution in [3.8, 4) is 0 Å². The van der Waals surface area contributed by atoms with Crippen LogP contribution in [-0.4, -0.2) is 19.0 Å². The smallest absolute Gasteiger partial charge is 0.251 e. The predicted octanol–water partition coefficient (Wildman–Crippen LogP) is 5.48. The molecule has 0 atom stereocenters. The highest BCUT2D eigenvalue weighted by Gasteiger charge is 2.05. The summed E-state index contributed by atoms with van der Waals surface area (Å²) >= 11 is 0. The Morgan fingerprint density at radius 1 is 0.821 bits per heavy atom. The molecule has 0 saturated carbocycles. The molecule has 3 aromatic carbocycles. The SMILES string of the molecule is CCCNC(=O)c1ccc(NC/C(=C/c2ccccc2)c2ccccc2)cc1. The van der Waals surface area contributed by atoms with E-state index in [2.05, 4.69) is 53.1 Å². The van der Waals surface area contributed by atoms with Gasteiger partial charge in [0.15, 0.2) is 0 Å². The van der Waals surface area contributed by atoms with E-state index in [0.29, 0.717) is 18.7 Å². The average Bonchev–Trinajstić information content (AvgIpc) is 2.76. The quantitative estimate of drug-likeness (QED) is 0.516. The Labute approximate surface area is 167 Å². The topological polar surface area (TPSA) is 41.1 Å². The van der Waals surface area contributed by atoms with Crippen molar-refractivity contribution in [1.82, 2.24) is 5.32 Å². The molecule has 0 spiro atoms. The van der Waals surface area contributed by atoms with E-state index in [-0.39, 0.29) is 5.91 Å². The minimum absolute atomic E-state index is 0.0256. The minimum Gasteiger partial charge on any atom is -0.381 e. The van der Waals surface area contributed by atoms with Crippen molar-refractivity contribution in [1.29, 1.82) is 0 Å². The lowest BCUT2D eigenvalue weighted by molar-refractivity contribution is 0.0953. The van der Waals surface area contributed by atoms with Crippen LogP contribution in [0.3, 0.4) is 0 Å². The van der Waals surface area contributed by atoms with E-state index in [1.54, 1.807) is 0 Å². The summed E-state index contributed by atoms with van der Waals surface area (Å²) in [5.41, 5.74) is 5.24. The summed E-state index contributed by atoms with van der Waals surface area (Å²) in [6, 6.07) is 28.3. The van der Waals surface area contributed by atoms with Crippen LogP contribution in [0.4, 0.5) is 5.69 Å². The number of rotatable bonds is 8. The molecule has 0 saturated heterocycles. The van der Waals surface area contributed by atoms with Crippen LogP contribution in [0.1, 0.15) is 34.8 Å². The summed E-state index contributed by atoms with van der Waals surface area (Å²) < 4.78 is 0. The van der Waals surface area contributed by atoms with E-state index >= 15 is 0 Å². The van der Waals surface area contributed by atoms with Gasteiger partial charge in [-0.15, -0.1) is 0 Å². The van der Waals surface area contributed by atoms with Gasteiger partial charge in [-0.25, -0.2) is 0 Å². The first-order valence-corrected chi connectivity index (χ1v) is 9.69. The van der Waals surface area contributed by atoms with Gasteiger partial charge in [0.1, 0.15) is 0 Å². The largest absolute Gasteiger partial charge is 0.381 e. The van der Waals surface area contributed by atoms with Crippen molar-refractivity contribution in [3.05, 3.63) is 102 Å². The van der Waals surface area contributed by atoms with Gasteiger partial charge in [-0.2, -0.15) is 0 Å². The van der Waals surface area contributed by atoms with Crippen molar-refractivity contribution in [3.63, 3.8) is 0 Å². The molecular weight excluding hydrogens is 344 g/mol. The predicted molar refractivity (Wildman–Crippen MR) is 118 cm³/mol. The number of benzene rings is 3. The van der Waals surface area contributed by atoms with Crippen LogP contribution in [0.25, 0.3) is 11.6 Å². The van der Waals surface area contributed by atoms with Gasteiger partial charge >= 0.3 is 0 Å². The number of carbonyl (C=O) groups excluding carboxylic acids is 1. The van der Waals surface area contributed by atoms with Crippen LogP contribution >= 0.6 is 0 Å². The first kappa shape index (κ1) is 19.4. The van der Waals surface area contributed by atoms with E-state index in [1.807, 2.05) is 55.5 Å². The minimum atomic E-state index is -0.0256. The fraction of sp³-hybridized carbons (Fsp3) is 0.160. The van der Waals surface area contributed by atoms with Crippen LogP contribution in [-0.2, 0) is 0 Å². The third-order valence-corrected chi connectivity index (χ3v) is 4.45. The fourth-order valence-electron chi connectivity index (χ4n) is 2.92. The number of nitrogens with one attached hydrogen (secondary N) is 2. The van der Waals surface area contributed by atoms with E-state index < -0.39 is 0 Å². The van der Waals surface area contributed by atoms with E-state index in [9.17, 15) is 4.79 Å². The Hall–Kier alpha value is -3.33. The molecule has 3 heteroatoms. The molecule has 0 aliphatic heterocycles. The highest BCUT2D eigenvalue weighted by atomic mass is 16.1. The number of carbonyl (C=O) groups is 1. The molecule has 3 aromatic rings. The lowest BCUT2D eigenvalue weighted by Gasteiger charge is -2.12. The zero-order valence-electron chi connectivity index (χ0n) is 16.2. The van der Waals surface area contributed by atoms with Crippen LogP contribution in [0.5, 0.6) is 0 Å². The summed E-state index contributed by atoms with van der Waals surface area (Å²) in [6.45, 7) is 3.43. The van der Waals surface area contributed by atoms with Gasteiger partial charge in [-0.05, 0) is 53.5 Å². The third kappa shape index (κ3) is 5.58. The van der Waals surface area contributed by atoms with Gasteiger partial charge in [0, 0.05) is 24.3 Å². The summed E-state index contributed by atoms with van der Waals surface area (Å²) in [6.07, 6.45) is 3.14. The highest BCUT2D eigenvalue weighted by molar-refractivity contribution is 5.94. The van der Waals surface area contributed by atoms with Crippen LogP contribution in [0.15, 0.2) is 84.9 Å². The molecule has 142 valence electrons. The standard InChI is InChI=1S/C25H26N2O/c1-2-17-26-25(28)22-13-15-24(16-14-22)27-19-23(21-11-7-4-8-12-21)18-20-9-5-3-6-10-20/h3-16,18,27H,2,17,19H2,1H3,(H,26,28)/b23-18-. The molecule has 3 nitrogen and oxygen atoms in total. The van der Waals surface area contributed by atoms with Crippen molar-refractivity contribution in [2.75, 3.05) is 18.4 Å². The molecule has 3 rings (SSSR count). The Morgan fingerprint density at radius 2 is 1.46 bits per heavy atom. The summed E-state index contributed by atoms with van der Waals surface area (Å²) in [4.78, 5) is 12.0.